The summed E-state index contributed by atoms with van der Waals surface area (Å²) in [6.07, 6.45) is 3.13. The van der Waals surface area contributed by atoms with Gasteiger partial charge in [0.05, 0.1) is 0 Å². The molecule has 0 bridgehead atoms. The van der Waals surface area contributed by atoms with E-state index in [-0.39, 0.29) is 12.2 Å². The van der Waals surface area contributed by atoms with Crippen LogP contribution >= 0.6 is 0 Å². The molecule has 1 saturated heterocycles. The summed E-state index contributed by atoms with van der Waals surface area (Å²) >= 11 is 0. The Morgan fingerprint density at radius 2 is 2.36 bits per heavy atom. The number of ether oxygens (including phenoxy) is 1. The second-order valence-corrected chi connectivity index (χ2v) is 4.30. The van der Waals surface area contributed by atoms with Crippen LogP contribution in [0.2, 0.25) is 0 Å². The Kier molecular flexibility index (Phi) is 4.23. The second-order valence-electron chi connectivity index (χ2n) is 4.30. The summed E-state index contributed by atoms with van der Waals surface area (Å²) < 4.78 is 5.27. The van der Waals surface area contributed by atoms with Gasteiger partial charge in [0.2, 0.25) is 0 Å². The molecule has 2 atom stereocenters. The lowest BCUT2D eigenvalue weighted by molar-refractivity contribution is 0.0568. The summed E-state index contributed by atoms with van der Waals surface area (Å²) in [4.78, 5) is 13.5. The largest absolute Gasteiger partial charge is 0.446 e. The van der Waals surface area contributed by atoms with E-state index in [0.29, 0.717) is 5.92 Å². The number of carbonyl (C=O) groups is 1. The Hall–Kier alpha value is -0.730. The van der Waals surface area contributed by atoms with Crippen molar-refractivity contribution in [2.24, 2.45) is 5.92 Å². The molecule has 1 heterocycles. The first-order valence-corrected chi connectivity index (χ1v) is 5.59. The van der Waals surface area contributed by atoms with E-state index in [9.17, 15) is 4.79 Å². The molecule has 0 saturated carbocycles. The van der Waals surface area contributed by atoms with Crippen molar-refractivity contribution >= 4 is 6.09 Å². The minimum atomic E-state index is -0.133. The van der Waals surface area contributed by atoms with Crippen LogP contribution in [0.5, 0.6) is 0 Å². The number of carbonyl (C=O) groups excluding carboxylic acids is 1. The smallest absolute Gasteiger partial charge is 0.410 e. The van der Waals surface area contributed by atoms with Gasteiger partial charge in [0.15, 0.2) is 0 Å². The van der Waals surface area contributed by atoms with E-state index in [1.807, 2.05) is 18.7 Å². The predicted molar refractivity (Wildman–Crippen MR) is 56.2 cm³/mol. The third-order valence-electron chi connectivity index (χ3n) is 2.79. The molecule has 2 unspecified atom stereocenters. The van der Waals surface area contributed by atoms with E-state index < -0.39 is 0 Å². The van der Waals surface area contributed by atoms with E-state index in [1.54, 1.807) is 0 Å². The van der Waals surface area contributed by atoms with Gasteiger partial charge in [-0.1, -0.05) is 13.8 Å². The molecule has 82 valence electrons. The van der Waals surface area contributed by atoms with Crippen LogP contribution in [0.1, 0.15) is 40.0 Å². The van der Waals surface area contributed by atoms with Crippen LogP contribution in [0.15, 0.2) is 0 Å². The maximum atomic E-state index is 11.6. The summed E-state index contributed by atoms with van der Waals surface area (Å²) in [5, 5.41) is 0. The summed E-state index contributed by atoms with van der Waals surface area (Å²) in [6.45, 7) is 7.86. The molecule has 1 rings (SSSR count). The average Bonchev–Trinajstić information content (AvgIpc) is 2.17. The molecule has 1 aliphatic rings. The Labute approximate surface area is 86.4 Å². The van der Waals surface area contributed by atoms with Crippen LogP contribution in [0.25, 0.3) is 0 Å². The topological polar surface area (TPSA) is 29.5 Å². The first-order valence-electron chi connectivity index (χ1n) is 5.59. The zero-order valence-corrected chi connectivity index (χ0v) is 9.45. The Morgan fingerprint density at radius 3 is 2.93 bits per heavy atom. The van der Waals surface area contributed by atoms with Crippen LogP contribution in [-0.2, 0) is 4.74 Å². The highest BCUT2D eigenvalue weighted by atomic mass is 16.6. The Balaban J connectivity index is 2.36. The highest BCUT2D eigenvalue weighted by Crippen LogP contribution is 2.16. The van der Waals surface area contributed by atoms with Crippen molar-refractivity contribution in [1.82, 2.24) is 4.90 Å². The molecule has 0 spiro atoms. The van der Waals surface area contributed by atoms with Crippen molar-refractivity contribution in [2.45, 2.75) is 46.1 Å². The van der Waals surface area contributed by atoms with E-state index in [2.05, 4.69) is 6.92 Å². The molecule has 3 nitrogen and oxygen atoms in total. The summed E-state index contributed by atoms with van der Waals surface area (Å²) in [6, 6.07) is 0. The number of hydrogen-bond donors (Lipinski definition) is 0. The minimum Gasteiger partial charge on any atom is -0.446 e. The van der Waals surface area contributed by atoms with Gasteiger partial charge in [-0.3, -0.25) is 0 Å². The molecule has 0 aromatic carbocycles. The second kappa shape index (κ2) is 5.23. The van der Waals surface area contributed by atoms with Gasteiger partial charge in [0, 0.05) is 13.1 Å². The van der Waals surface area contributed by atoms with Crippen molar-refractivity contribution in [3.63, 3.8) is 0 Å². The maximum Gasteiger partial charge on any atom is 0.410 e. The van der Waals surface area contributed by atoms with Crippen LogP contribution in [0, 0.1) is 5.92 Å². The SMILES string of the molecule is CCC(C)OC(=O)N1CCCC(C)C1. The van der Waals surface area contributed by atoms with Gasteiger partial charge in [0.1, 0.15) is 6.10 Å². The molecule has 0 radical (unpaired) electrons. The molecule has 14 heavy (non-hydrogen) atoms. The predicted octanol–water partition coefficient (Wildman–Crippen LogP) is 2.65. The third-order valence-corrected chi connectivity index (χ3v) is 2.79. The van der Waals surface area contributed by atoms with E-state index in [0.717, 1.165) is 25.9 Å². The maximum absolute atomic E-state index is 11.6. The zero-order valence-electron chi connectivity index (χ0n) is 9.45. The number of piperidine rings is 1. The van der Waals surface area contributed by atoms with E-state index in [1.165, 1.54) is 6.42 Å². The molecule has 1 aliphatic heterocycles. The lowest BCUT2D eigenvalue weighted by Gasteiger charge is -2.30. The minimum absolute atomic E-state index is 0.0414. The van der Waals surface area contributed by atoms with E-state index >= 15 is 0 Å². The molecule has 0 aromatic rings. The molecule has 0 aliphatic carbocycles. The number of nitrogens with zero attached hydrogens (tertiary/aromatic N) is 1. The first-order chi connectivity index (χ1) is 6.63. The van der Waals surface area contributed by atoms with Gasteiger partial charge in [-0.05, 0) is 32.1 Å². The zero-order chi connectivity index (χ0) is 10.6. The van der Waals surface area contributed by atoms with Gasteiger partial charge < -0.3 is 9.64 Å². The monoisotopic (exact) mass is 199 g/mol. The lowest BCUT2D eigenvalue weighted by atomic mass is 10.0. The molecule has 1 amide bonds. The van der Waals surface area contributed by atoms with Crippen molar-refractivity contribution in [1.29, 1.82) is 0 Å². The van der Waals surface area contributed by atoms with Crippen molar-refractivity contribution in [2.75, 3.05) is 13.1 Å². The summed E-state index contributed by atoms with van der Waals surface area (Å²) in [5.41, 5.74) is 0. The van der Waals surface area contributed by atoms with E-state index in [4.69, 9.17) is 4.74 Å². The van der Waals surface area contributed by atoms with Gasteiger partial charge in [-0.2, -0.15) is 0 Å². The standard InChI is InChI=1S/C11H21NO2/c1-4-10(3)14-11(13)12-7-5-6-9(2)8-12/h9-10H,4-8H2,1-3H3. The molecule has 0 N–H and O–H groups in total. The number of likely N-dealkylation sites (tertiary alicyclic amines) is 1. The van der Waals surface area contributed by atoms with Crippen molar-refractivity contribution < 1.29 is 9.53 Å². The first kappa shape index (κ1) is 11.3. The highest BCUT2D eigenvalue weighted by molar-refractivity contribution is 5.67. The summed E-state index contributed by atoms with van der Waals surface area (Å²) in [5.74, 6) is 0.619. The van der Waals surface area contributed by atoms with Gasteiger partial charge in [-0.25, -0.2) is 4.79 Å². The fourth-order valence-electron chi connectivity index (χ4n) is 1.69. The highest BCUT2D eigenvalue weighted by Gasteiger charge is 2.22. The molecule has 3 heteroatoms. The lowest BCUT2D eigenvalue weighted by Crippen LogP contribution is -2.40. The van der Waals surface area contributed by atoms with Gasteiger partial charge in [0.25, 0.3) is 0 Å². The Morgan fingerprint density at radius 1 is 1.64 bits per heavy atom. The number of rotatable bonds is 2. The van der Waals surface area contributed by atoms with Crippen molar-refractivity contribution in [3.05, 3.63) is 0 Å². The molecule has 0 aromatic heterocycles. The van der Waals surface area contributed by atoms with Crippen molar-refractivity contribution in [3.8, 4) is 0 Å². The molecular formula is C11H21NO2. The quantitative estimate of drug-likeness (QED) is 0.684. The van der Waals surface area contributed by atoms with Crippen LogP contribution < -0.4 is 0 Å². The van der Waals surface area contributed by atoms with Crippen LogP contribution in [0.3, 0.4) is 0 Å². The number of amides is 1. The van der Waals surface area contributed by atoms with Crippen LogP contribution in [0.4, 0.5) is 4.79 Å². The van der Waals surface area contributed by atoms with Crippen LogP contribution in [-0.4, -0.2) is 30.2 Å². The average molecular weight is 199 g/mol. The molecule has 1 fully saturated rings. The van der Waals surface area contributed by atoms with Gasteiger partial charge >= 0.3 is 6.09 Å². The fourth-order valence-corrected chi connectivity index (χ4v) is 1.69. The fraction of sp³-hybridized carbons (Fsp3) is 0.909. The normalized spacial score (nSPS) is 24.5. The molecular weight excluding hydrogens is 178 g/mol. The summed E-state index contributed by atoms with van der Waals surface area (Å²) in [7, 11) is 0. The van der Waals surface area contributed by atoms with Gasteiger partial charge in [-0.15, -0.1) is 0 Å². The third kappa shape index (κ3) is 3.20. The Bertz CT molecular complexity index is 194. The number of hydrogen-bond acceptors (Lipinski definition) is 2.